The molecule has 2 fully saturated rings. The average Bonchev–Trinajstić information content (AvgIpc) is 2.86. The van der Waals surface area contributed by atoms with E-state index in [1.54, 1.807) is 24.3 Å². The van der Waals surface area contributed by atoms with Crippen LogP contribution in [0.3, 0.4) is 0 Å². The lowest BCUT2D eigenvalue weighted by Gasteiger charge is -2.35. The van der Waals surface area contributed by atoms with E-state index in [0.29, 0.717) is 26.2 Å². The number of nitrogens with zero attached hydrogens (tertiary/aromatic N) is 2. The predicted molar refractivity (Wildman–Crippen MR) is 138 cm³/mol. The molecule has 1 saturated heterocycles. The first-order valence-corrected chi connectivity index (χ1v) is 12.5. The molecule has 0 atom stereocenters. The number of halogens is 1. The van der Waals surface area contributed by atoms with Gasteiger partial charge in [0.1, 0.15) is 12.2 Å². The van der Waals surface area contributed by atoms with E-state index in [0.717, 1.165) is 32.1 Å². The molecule has 1 aliphatic heterocycles. The van der Waals surface area contributed by atoms with Gasteiger partial charge in [-0.05, 0) is 64.8 Å². The molecule has 1 saturated carbocycles. The van der Waals surface area contributed by atoms with Gasteiger partial charge in [-0.1, -0.05) is 31.4 Å². The summed E-state index contributed by atoms with van der Waals surface area (Å²) in [4.78, 5) is 49.8. The molecule has 1 heterocycles. The summed E-state index contributed by atoms with van der Waals surface area (Å²) in [5.41, 5.74) is 0.986. The van der Waals surface area contributed by atoms with Gasteiger partial charge in [0.2, 0.25) is 0 Å². The number of nitrogens with one attached hydrogen (secondary N) is 1. The van der Waals surface area contributed by atoms with Crippen molar-refractivity contribution < 1.29 is 28.8 Å². The Kier molecular flexibility index (Phi) is 7.87. The number of rotatable bonds is 7. The van der Waals surface area contributed by atoms with Crippen molar-refractivity contribution in [2.24, 2.45) is 0 Å². The molecule has 2 aromatic carbocycles. The van der Waals surface area contributed by atoms with E-state index in [1.165, 1.54) is 30.2 Å². The Balaban J connectivity index is 1.58. The SMILES string of the molecule is COc1cc(C=C2C(=O)NC(=O)N(C3CCCCC3)C2=O)cc(I)c1OCc1cccc([N+](=O)[O-])c1. The number of carbonyl (C=O) groups is 3. The largest absolute Gasteiger partial charge is 0.493 e. The van der Waals surface area contributed by atoms with Crippen LogP contribution in [0, 0.1) is 13.7 Å². The first kappa shape index (κ1) is 25.6. The van der Waals surface area contributed by atoms with E-state index in [2.05, 4.69) is 5.32 Å². The van der Waals surface area contributed by atoms with Gasteiger partial charge in [0.15, 0.2) is 11.5 Å². The van der Waals surface area contributed by atoms with Crippen LogP contribution in [0.1, 0.15) is 43.2 Å². The molecule has 2 aliphatic rings. The number of imide groups is 2. The molecule has 0 spiro atoms. The van der Waals surface area contributed by atoms with Gasteiger partial charge in [-0.15, -0.1) is 0 Å². The van der Waals surface area contributed by atoms with E-state index in [4.69, 9.17) is 9.47 Å². The minimum atomic E-state index is -0.739. The third-order valence-corrected chi connectivity index (χ3v) is 6.94. The minimum Gasteiger partial charge on any atom is -0.493 e. The monoisotopic (exact) mass is 605 g/mol. The number of ether oxygens (including phenoxy) is 2. The van der Waals surface area contributed by atoms with Crippen molar-refractivity contribution in [2.75, 3.05) is 7.11 Å². The van der Waals surface area contributed by atoms with E-state index in [9.17, 15) is 24.5 Å². The Bertz CT molecular complexity index is 1250. The number of hydrogen-bond acceptors (Lipinski definition) is 7. The van der Waals surface area contributed by atoms with Crippen LogP contribution in [0.5, 0.6) is 11.5 Å². The highest BCUT2D eigenvalue weighted by atomic mass is 127. The summed E-state index contributed by atoms with van der Waals surface area (Å²) >= 11 is 2.05. The van der Waals surface area contributed by atoms with Crippen LogP contribution in [0.15, 0.2) is 42.0 Å². The molecule has 2 aromatic rings. The number of barbiturate groups is 1. The standard InChI is InChI=1S/C25H24IN3O7/c1-35-21-13-16(12-20(26)22(21)36-14-15-6-5-9-18(10-15)29(33)34)11-19-23(30)27-25(32)28(24(19)31)17-7-3-2-4-8-17/h5-6,9-13,17H,2-4,7-8,14H2,1H3,(H,27,30,32). The molecule has 188 valence electrons. The molecular weight excluding hydrogens is 581 g/mol. The van der Waals surface area contributed by atoms with Crippen molar-refractivity contribution in [3.05, 3.63) is 66.8 Å². The van der Waals surface area contributed by atoms with Crippen LogP contribution in [0.4, 0.5) is 10.5 Å². The second-order valence-corrected chi connectivity index (χ2v) is 9.70. The third kappa shape index (κ3) is 5.50. The van der Waals surface area contributed by atoms with E-state index >= 15 is 0 Å². The third-order valence-electron chi connectivity index (χ3n) is 6.14. The second-order valence-electron chi connectivity index (χ2n) is 8.53. The van der Waals surface area contributed by atoms with Crippen LogP contribution in [0.25, 0.3) is 6.08 Å². The number of methoxy groups -OCH3 is 1. The Hall–Kier alpha value is -3.48. The Morgan fingerprint density at radius 2 is 1.92 bits per heavy atom. The lowest BCUT2D eigenvalue weighted by molar-refractivity contribution is -0.384. The van der Waals surface area contributed by atoms with Gasteiger partial charge in [-0.2, -0.15) is 0 Å². The summed E-state index contributed by atoms with van der Waals surface area (Å²) in [5.74, 6) is -0.555. The topological polar surface area (TPSA) is 128 Å². The van der Waals surface area contributed by atoms with E-state index < -0.39 is 22.8 Å². The number of hydrogen-bond donors (Lipinski definition) is 1. The highest BCUT2D eigenvalue weighted by Crippen LogP contribution is 2.36. The van der Waals surface area contributed by atoms with Crippen LogP contribution in [-0.4, -0.2) is 40.8 Å². The highest BCUT2D eigenvalue weighted by Gasteiger charge is 2.40. The van der Waals surface area contributed by atoms with Gasteiger partial charge in [0, 0.05) is 18.2 Å². The summed E-state index contributed by atoms with van der Waals surface area (Å²) in [7, 11) is 1.46. The van der Waals surface area contributed by atoms with Gasteiger partial charge in [0.25, 0.3) is 17.5 Å². The first-order valence-electron chi connectivity index (χ1n) is 11.4. The minimum absolute atomic E-state index is 0.0316. The smallest absolute Gasteiger partial charge is 0.331 e. The fourth-order valence-electron chi connectivity index (χ4n) is 4.39. The fraction of sp³-hybridized carbons (Fsp3) is 0.320. The number of nitro groups is 1. The van der Waals surface area contributed by atoms with Gasteiger partial charge in [-0.3, -0.25) is 29.9 Å². The molecule has 1 aliphatic carbocycles. The zero-order valence-electron chi connectivity index (χ0n) is 19.5. The summed E-state index contributed by atoms with van der Waals surface area (Å²) in [6, 6.07) is 8.60. The van der Waals surface area contributed by atoms with Crippen molar-refractivity contribution >= 4 is 52.2 Å². The molecule has 0 bridgehead atoms. The molecule has 10 nitrogen and oxygen atoms in total. The Morgan fingerprint density at radius 3 is 2.61 bits per heavy atom. The van der Waals surface area contributed by atoms with Crippen molar-refractivity contribution in [1.29, 1.82) is 0 Å². The number of amides is 4. The van der Waals surface area contributed by atoms with E-state index in [1.807, 2.05) is 22.6 Å². The van der Waals surface area contributed by atoms with E-state index in [-0.39, 0.29) is 23.9 Å². The summed E-state index contributed by atoms with van der Waals surface area (Å²) in [5, 5.41) is 13.3. The maximum Gasteiger partial charge on any atom is 0.331 e. The van der Waals surface area contributed by atoms with Crippen LogP contribution < -0.4 is 14.8 Å². The summed E-state index contributed by atoms with van der Waals surface area (Å²) < 4.78 is 12.0. The molecular formula is C25H24IN3O7. The van der Waals surface area contributed by atoms with Crippen LogP contribution >= 0.6 is 22.6 Å². The summed E-state index contributed by atoms with van der Waals surface area (Å²) in [6.45, 7) is 0.0772. The molecule has 0 unspecified atom stereocenters. The second kappa shape index (κ2) is 11.1. The highest BCUT2D eigenvalue weighted by molar-refractivity contribution is 14.1. The van der Waals surface area contributed by atoms with Gasteiger partial charge >= 0.3 is 6.03 Å². The number of benzene rings is 2. The number of nitro benzene ring substituents is 1. The van der Waals surface area contributed by atoms with Crippen molar-refractivity contribution in [2.45, 2.75) is 44.8 Å². The Morgan fingerprint density at radius 1 is 1.17 bits per heavy atom. The van der Waals surface area contributed by atoms with Crippen molar-refractivity contribution in [3.63, 3.8) is 0 Å². The molecule has 0 radical (unpaired) electrons. The van der Waals surface area contributed by atoms with Crippen molar-refractivity contribution in [1.82, 2.24) is 10.2 Å². The average molecular weight is 605 g/mol. The van der Waals surface area contributed by atoms with Gasteiger partial charge in [0.05, 0.1) is 15.6 Å². The maximum absolute atomic E-state index is 13.2. The normalized spacial score (nSPS) is 17.8. The lowest BCUT2D eigenvalue weighted by Crippen LogP contribution is -2.58. The quantitative estimate of drug-likeness (QED) is 0.161. The van der Waals surface area contributed by atoms with Crippen LogP contribution in [0.2, 0.25) is 0 Å². The molecule has 1 N–H and O–H groups in total. The number of urea groups is 1. The number of carbonyl (C=O) groups excluding carboxylic acids is 3. The summed E-state index contributed by atoms with van der Waals surface area (Å²) in [6.07, 6.45) is 5.82. The van der Waals surface area contributed by atoms with Gasteiger partial charge < -0.3 is 9.47 Å². The zero-order chi connectivity index (χ0) is 25.8. The fourth-order valence-corrected chi connectivity index (χ4v) is 5.17. The predicted octanol–water partition coefficient (Wildman–Crippen LogP) is 4.58. The zero-order valence-corrected chi connectivity index (χ0v) is 21.6. The van der Waals surface area contributed by atoms with Crippen molar-refractivity contribution in [3.8, 4) is 11.5 Å². The Labute approximate surface area is 220 Å². The van der Waals surface area contributed by atoms with Gasteiger partial charge in [-0.25, -0.2) is 4.79 Å². The molecule has 4 rings (SSSR count). The number of non-ortho nitro benzene ring substituents is 1. The molecule has 11 heteroatoms. The first-order chi connectivity index (χ1) is 17.3. The lowest BCUT2D eigenvalue weighted by atomic mass is 9.93. The molecule has 36 heavy (non-hydrogen) atoms. The molecule has 0 aromatic heterocycles. The molecule has 4 amide bonds. The van der Waals surface area contributed by atoms with Crippen LogP contribution in [-0.2, 0) is 16.2 Å². The maximum atomic E-state index is 13.2.